The Morgan fingerprint density at radius 1 is 1.37 bits per heavy atom. The van der Waals surface area contributed by atoms with Crippen molar-refractivity contribution in [3.63, 3.8) is 0 Å². The van der Waals surface area contributed by atoms with E-state index in [1.165, 1.54) is 0 Å². The molecule has 0 fully saturated rings. The lowest BCUT2D eigenvalue weighted by Gasteiger charge is -2.10. The minimum absolute atomic E-state index is 0.0735. The molecule has 19 heavy (non-hydrogen) atoms. The summed E-state index contributed by atoms with van der Waals surface area (Å²) in [4.78, 5) is 23.3. The third kappa shape index (κ3) is 3.67. The molecule has 6 heteroatoms. The van der Waals surface area contributed by atoms with E-state index in [2.05, 4.69) is 34.1 Å². The number of nitrogens with one attached hydrogen (secondary N) is 2. The summed E-state index contributed by atoms with van der Waals surface area (Å²) in [6.07, 6.45) is 7.60. The molecular weight excluding hydrogens is 242 g/mol. The lowest BCUT2D eigenvalue weighted by molar-refractivity contribution is 0.509. The summed E-state index contributed by atoms with van der Waals surface area (Å²) in [7, 11) is 0. The Balaban J connectivity index is 1.98. The van der Waals surface area contributed by atoms with Gasteiger partial charge in [0.1, 0.15) is 5.82 Å². The molecule has 2 rings (SSSR count). The summed E-state index contributed by atoms with van der Waals surface area (Å²) in [5.74, 6) is 1.72. The second-order valence-corrected chi connectivity index (χ2v) is 4.84. The SMILES string of the molecule is CC(C)Cn1ccnc(NCCc2ncc[nH]2)c1=O. The summed E-state index contributed by atoms with van der Waals surface area (Å²) in [5.41, 5.74) is -0.0735. The fraction of sp³-hybridized carbons (Fsp3) is 0.462. The van der Waals surface area contributed by atoms with Gasteiger partial charge >= 0.3 is 0 Å². The van der Waals surface area contributed by atoms with Gasteiger partial charge in [-0.2, -0.15) is 0 Å². The fourth-order valence-corrected chi connectivity index (χ4v) is 1.84. The highest BCUT2D eigenvalue weighted by molar-refractivity contribution is 5.30. The number of rotatable bonds is 6. The minimum atomic E-state index is -0.0735. The predicted octanol–water partition coefficient (Wildman–Crippen LogP) is 1.28. The number of aromatic amines is 1. The number of hydrogen-bond donors (Lipinski definition) is 2. The van der Waals surface area contributed by atoms with Gasteiger partial charge in [0.15, 0.2) is 5.82 Å². The zero-order valence-corrected chi connectivity index (χ0v) is 11.3. The lowest BCUT2D eigenvalue weighted by atomic mass is 10.2. The van der Waals surface area contributed by atoms with Gasteiger partial charge in [-0.05, 0) is 5.92 Å². The van der Waals surface area contributed by atoms with Crippen LogP contribution in [0.2, 0.25) is 0 Å². The molecule has 0 atom stereocenters. The molecule has 2 aromatic rings. The van der Waals surface area contributed by atoms with Crippen LogP contribution in [-0.2, 0) is 13.0 Å². The third-order valence-electron chi connectivity index (χ3n) is 2.68. The molecule has 2 heterocycles. The van der Waals surface area contributed by atoms with Crippen molar-refractivity contribution < 1.29 is 0 Å². The molecule has 0 bridgehead atoms. The average Bonchev–Trinajstić information content (AvgIpc) is 2.86. The predicted molar refractivity (Wildman–Crippen MR) is 74.1 cm³/mol. The van der Waals surface area contributed by atoms with E-state index in [1.54, 1.807) is 29.4 Å². The molecule has 2 N–H and O–H groups in total. The van der Waals surface area contributed by atoms with E-state index in [0.29, 0.717) is 24.8 Å². The zero-order valence-electron chi connectivity index (χ0n) is 11.3. The average molecular weight is 261 g/mol. The lowest BCUT2D eigenvalue weighted by Crippen LogP contribution is -2.26. The second-order valence-electron chi connectivity index (χ2n) is 4.84. The topological polar surface area (TPSA) is 75.6 Å². The Morgan fingerprint density at radius 2 is 2.21 bits per heavy atom. The Bertz CT molecular complexity index is 559. The van der Waals surface area contributed by atoms with Crippen LogP contribution in [0.4, 0.5) is 5.82 Å². The molecule has 6 nitrogen and oxygen atoms in total. The minimum Gasteiger partial charge on any atom is -0.365 e. The first kappa shape index (κ1) is 13.3. The van der Waals surface area contributed by atoms with Gasteiger partial charge in [-0.15, -0.1) is 0 Å². The molecule has 0 saturated heterocycles. The first-order valence-electron chi connectivity index (χ1n) is 6.44. The molecule has 102 valence electrons. The fourth-order valence-electron chi connectivity index (χ4n) is 1.84. The van der Waals surface area contributed by atoms with Crippen LogP contribution < -0.4 is 10.9 Å². The maximum atomic E-state index is 12.1. The highest BCUT2D eigenvalue weighted by atomic mass is 16.1. The van der Waals surface area contributed by atoms with Gasteiger partial charge in [0.25, 0.3) is 5.56 Å². The number of aromatic nitrogens is 4. The molecule has 0 amide bonds. The molecule has 0 unspecified atom stereocenters. The Labute approximate surface area is 111 Å². The van der Waals surface area contributed by atoms with Crippen LogP contribution in [-0.4, -0.2) is 26.1 Å². The van der Waals surface area contributed by atoms with Crippen molar-refractivity contribution in [3.05, 3.63) is 41.0 Å². The van der Waals surface area contributed by atoms with Crippen LogP contribution in [0.5, 0.6) is 0 Å². The van der Waals surface area contributed by atoms with Crippen LogP contribution in [0.25, 0.3) is 0 Å². The van der Waals surface area contributed by atoms with E-state index in [0.717, 1.165) is 12.2 Å². The van der Waals surface area contributed by atoms with Crippen LogP contribution in [0.15, 0.2) is 29.6 Å². The second kappa shape index (κ2) is 6.17. The van der Waals surface area contributed by atoms with Crippen LogP contribution >= 0.6 is 0 Å². The van der Waals surface area contributed by atoms with Crippen molar-refractivity contribution in [3.8, 4) is 0 Å². The van der Waals surface area contributed by atoms with Gasteiger partial charge in [0.2, 0.25) is 0 Å². The number of imidazole rings is 1. The van der Waals surface area contributed by atoms with Gasteiger partial charge in [0.05, 0.1) is 0 Å². The maximum Gasteiger partial charge on any atom is 0.293 e. The molecule has 0 aliphatic rings. The molecule has 0 aliphatic heterocycles. The van der Waals surface area contributed by atoms with Gasteiger partial charge in [-0.25, -0.2) is 9.97 Å². The van der Waals surface area contributed by atoms with E-state index >= 15 is 0 Å². The Hall–Kier alpha value is -2.11. The summed E-state index contributed by atoms with van der Waals surface area (Å²) in [6.45, 7) is 5.49. The van der Waals surface area contributed by atoms with Crippen molar-refractivity contribution in [1.29, 1.82) is 0 Å². The van der Waals surface area contributed by atoms with Crippen LogP contribution in [0.3, 0.4) is 0 Å². The van der Waals surface area contributed by atoms with Gasteiger partial charge in [0, 0.05) is 44.3 Å². The normalized spacial score (nSPS) is 10.9. The number of anilines is 1. The maximum absolute atomic E-state index is 12.1. The highest BCUT2D eigenvalue weighted by Gasteiger charge is 2.05. The molecule has 0 spiro atoms. The van der Waals surface area contributed by atoms with Crippen molar-refractivity contribution in [2.45, 2.75) is 26.8 Å². The smallest absolute Gasteiger partial charge is 0.293 e. The zero-order chi connectivity index (χ0) is 13.7. The summed E-state index contributed by atoms with van der Waals surface area (Å²) >= 11 is 0. The molecule has 0 aromatic carbocycles. The quantitative estimate of drug-likeness (QED) is 0.821. The highest BCUT2D eigenvalue weighted by Crippen LogP contribution is 1.99. The molecule has 2 aromatic heterocycles. The largest absolute Gasteiger partial charge is 0.365 e. The Kier molecular flexibility index (Phi) is 4.33. The third-order valence-corrected chi connectivity index (χ3v) is 2.68. The molecule has 0 saturated carbocycles. The van der Waals surface area contributed by atoms with E-state index < -0.39 is 0 Å². The van der Waals surface area contributed by atoms with Gasteiger partial charge in [-0.3, -0.25) is 4.79 Å². The van der Waals surface area contributed by atoms with Crippen LogP contribution in [0.1, 0.15) is 19.7 Å². The molecular formula is C13H19N5O. The van der Waals surface area contributed by atoms with Gasteiger partial charge in [-0.1, -0.05) is 13.8 Å². The number of H-pyrrole nitrogens is 1. The van der Waals surface area contributed by atoms with E-state index in [-0.39, 0.29) is 5.56 Å². The standard InChI is InChI=1S/C13H19N5O/c1-10(2)9-18-8-7-17-12(13(18)19)16-4-3-11-14-5-6-15-11/h5-8,10H,3-4,9H2,1-2H3,(H,14,15)(H,16,17). The summed E-state index contributed by atoms with van der Waals surface area (Å²) in [5, 5.41) is 3.06. The number of nitrogens with zero attached hydrogens (tertiary/aromatic N) is 3. The first-order chi connectivity index (χ1) is 9.16. The molecule has 0 radical (unpaired) electrons. The van der Waals surface area contributed by atoms with Crippen molar-refractivity contribution >= 4 is 5.82 Å². The molecule has 0 aliphatic carbocycles. The first-order valence-corrected chi connectivity index (χ1v) is 6.44. The summed E-state index contributed by atoms with van der Waals surface area (Å²) in [6, 6.07) is 0. The van der Waals surface area contributed by atoms with E-state index in [1.807, 2.05) is 0 Å². The van der Waals surface area contributed by atoms with Gasteiger partial charge < -0.3 is 14.9 Å². The van der Waals surface area contributed by atoms with Crippen molar-refractivity contribution in [1.82, 2.24) is 19.5 Å². The van der Waals surface area contributed by atoms with E-state index in [4.69, 9.17) is 0 Å². The number of hydrogen-bond acceptors (Lipinski definition) is 4. The monoisotopic (exact) mass is 261 g/mol. The summed E-state index contributed by atoms with van der Waals surface area (Å²) < 4.78 is 1.69. The van der Waals surface area contributed by atoms with E-state index in [9.17, 15) is 4.79 Å². The van der Waals surface area contributed by atoms with Crippen molar-refractivity contribution in [2.75, 3.05) is 11.9 Å². The Morgan fingerprint density at radius 3 is 2.89 bits per heavy atom. The van der Waals surface area contributed by atoms with Crippen LogP contribution in [0, 0.1) is 5.92 Å². The van der Waals surface area contributed by atoms with Crippen molar-refractivity contribution in [2.24, 2.45) is 5.92 Å².